The zero-order valence-electron chi connectivity index (χ0n) is 19.2. The summed E-state index contributed by atoms with van der Waals surface area (Å²) in [4.78, 5) is 15.2. The molecule has 2 N–H and O–H groups in total. The first kappa shape index (κ1) is 21.3. The highest BCUT2D eigenvalue weighted by molar-refractivity contribution is 7.19. The number of benzene rings is 1. The first-order valence-corrected chi connectivity index (χ1v) is 13.4. The van der Waals surface area contributed by atoms with Crippen LogP contribution in [0, 0.1) is 0 Å². The maximum Gasteiger partial charge on any atom is 0.230 e. The van der Waals surface area contributed by atoms with Crippen LogP contribution in [0.3, 0.4) is 0 Å². The van der Waals surface area contributed by atoms with E-state index in [9.17, 15) is 0 Å². The smallest absolute Gasteiger partial charge is 0.230 e. The predicted molar refractivity (Wildman–Crippen MR) is 136 cm³/mol. The molecule has 33 heavy (non-hydrogen) atoms. The molecule has 1 aliphatic heterocycles. The molecule has 1 saturated carbocycles. The normalized spacial score (nSPS) is 23.9. The molecule has 3 heterocycles. The van der Waals surface area contributed by atoms with Gasteiger partial charge in [-0.1, -0.05) is 18.2 Å². The molecule has 3 aromatic rings. The Kier molecular flexibility index (Phi) is 6.18. The fourth-order valence-corrected chi connectivity index (χ4v) is 6.95. The highest BCUT2D eigenvalue weighted by atomic mass is 32.1. The number of rotatable bonds is 5. The number of anilines is 3. The van der Waals surface area contributed by atoms with Crippen LogP contribution in [0.5, 0.6) is 0 Å². The van der Waals surface area contributed by atoms with Gasteiger partial charge in [-0.2, -0.15) is 4.98 Å². The van der Waals surface area contributed by atoms with Crippen LogP contribution in [-0.2, 0) is 17.6 Å². The molecule has 6 rings (SSSR count). The molecule has 0 bridgehead atoms. The van der Waals surface area contributed by atoms with Crippen LogP contribution < -0.4 is 10.6 Å². The zero-order valence-corrected chi connectivity index (χ0v) is 20.0. The Labute approximate surface area is 199 Å². The summed E-state index contributed by atoms with van der Waals surface area (Å²) in [5.74, 6) is 1.73. The third-order valence-electron chi connectivity index (χ3n) is 7.44. The van der Waals surface area contributed by atoms with E-state index in [2.05, 4.69) is 27.7 Å². The van der Waals surface area contributed by atoms with E-state index >= 15 is 0 Å². The van der Waals surface area contributed by atoms with Gasteiger partial charge in [0.1, 0.15) is 10.6 Å². The maximum absolute atomic E-state index is 5.55. The summed E-state index contributed by atoms with van der Waals surface area (Å²) in [5.41, 5.74) is 2.52. The van der Waals surface area contributed by atoms with Crippen molar-refractivity contribution in [2.75, 3.05) is 36.9 Å². The summed E-state index contributed by atoms with van der Waals surface area (Å²) in [5, 5.41) is 8.59. The zero-order chi connectivity index (χ0) is 22.0. The lowest BCUT2D eigenvalue weighted by Gasteiger charge is -2.39. The van der Waals surface area contributed by atoms with Crippen molar-refractivity contribution in [1.29, 1.82) is 0 Å². The van der Waals surface area contributed by atoms with Crippen molar-refractivity contribution < 1.29 is 4.74 Å². The second-order valence-corrected chi connectivity index (χ2v) is 10.7. The van der Waals surface area contributed by atoms with Crippen molar-refractivity contribution in [3.8, 4) is 0 Å². The third-order valence-corrected chi connectivity index (χ3v) is 8.63. The molecule has 6 nitrogen and oxygen atoms in total. The standard InChI is InChI=1S/C26H33N5OS/c1-2-6-18(7-3-1)28-26-29-24(23-21-8-4-5-9-22(21)33-25(23)30-26)27-19-10-12-20(13-11-19)31-14-16-32-17-15-31/h1-3,6-7,19-20H,4-5,8-17H2,(H2,27,28,29,30). The third kappa shape index (κ3) is 4.59. The summed E-state index contributed by atoms with van der Waals surface area (Å²) in [6.45, 7) is 3.95. The lowest BCUT2D eigenvalue weighted by atomic mass is 9.89. The minimum Gasteiger partial charge on any atom is -0.379 e. The van der Waals surface area contributed by atoms with Crippen LogP contribution in [-0.4, -0.2) is 53.3 Å². The van der Waals surface area contributed by atoms with Crippen molar-refractivity contribution in [2.45, 2.75) is 63.5 Å². The molecule has 3 aliphatic rings. The second kappa shape index (κ2) is 9.57. The largest absolute Gasteiger partial charge is 0.379 e. The fourth-order valence-electron chi connectivity index (χ4n) is 5.69. The number of fused-ring (bicyclic) bond motifs is 3. The van der Waals surface area contributed by atoms with Gasteiger partial charge in [-0.3, -0.25) is 4.90 Å². The van der Waals surface area contributed by atoms with E-state index < -0.39 is 0 Å². The van der Waals surface area contributed by atoms with Gasteiger partial charge in [-0.15, -0.1) is 11.3 Å². The van der Waals surface area contributed by atoms with Crippen LogP contribution in [0.2, 0.25) is 0 Å². The quantitative estimate of drug-likeness (QED) is 0.530. The molecule has 0 radical (unpaired) electrons. The Bertz CT molecular complexity index is 1090. The van der Waals surface area contributed by atoms with Gasteiger partial charge >= 0.3 is 0 Å². The van der Waals surface area contributed by atoms with E-state index in [1.54, 1.807) is 0 Å². The van der Waals surface area contributed by atoms with E-state index in [1.807, 2.05) is 29.5 Å². The number of para-hydroxylation sites is 1. The summed E-state index contributed by atoms with van der Waals surface area (Å²) in [6.07, 6.45) is 9.79. The van der Waals surface area contributed by atoms with Gasteiger partial charge in [0, 0.05) is 35.7 Å². The van der Waals surface area contributed by atoms with Gasteiger partial charge in [-0.25, -0.2) is 4.98 Å². The highest BCUT2D eigenvalue weighted by Crippen LogP contribution is 2.40. The Morgan fingerprint density at radius 3 is 2.55 bits per heavy atom. The number of aryl methyl sites for hydroxylation is 2. The van der Waals surface area contributed by atoms with Gasteiger partial charge in [-0.05, 0) is 69.1 Å². The average molecular weight is 464 g/mol. The van der Waals surface area contributed by atoms with Gasteiger partial charge in [0.25, 0.3) is 0 Å². The van der Waals surface area contributed by atoms with Crippen LogP contribution >= 0.6 is 11.3 Å². The number of nitrogens with one attached hydrogen (secondary N) is 2. The number of ether oxygens (including phenoxy) is 1. The first-order valence-electron chi connectivity index (χ1n) is 12.6. The minimum absolute atomic E-state index is 0.476. The molecule has 2 fully saturated rings. The summed E-state index contributed by atoms with van der Waals surface area (Å²) in [6, 6.07) is 11.4. The fraction of sp³-hybridized carbons (Fsp3) is 0.538. The summed E-state index contributed by atoms with van der Waals surface area (Å²) in [7, 11) is 0. The second-order valence-electron chi connectivity index (χ2n) is 9.58. The monoisotopic (exact) mass is 463 g/mol. The number of thiophene rings is 1. The molecule has 174 valence electrons. The predicted octanol–water partition coefficient (Wildman–Crippen LogP) is 5.37. The SMILES string of the molecule is c1ccc(Nc2nc(NC3CCC(N4CCOCC4)CC3)c3c4c(sc3n2)CCCC4)cc1. The summed E-state index contributed by atoms with van der Waals surface area (Å²) >= 11 is 1.87. The highest BCUT2D eigenvalue weighted by Gasteiger charge is 2.28. The minimum atomic E-state index is 0.476. The molecular formula is C26H33N5OS. The molecule has 2 aliphatic carbocycles. The Hall–Kier alpha value is -2.22. The van der Waals surface area contributed by atoms with E-state index in [1.165, 1.54) is 60.8 Å². The number of aromatic nitrogens is 2. The van der Waals surface area contributed by atoms with E-state index in [0.717, 1.165) is 49.1 Å². The molecule has 2 aromatic heterocycles. The van der Waals surface area contributed by atoms with Crippen LogP contribution in [0.4, 0.5) is 17.5 Å². The molecule has 0 unspecified atom stereocenters. The van der Waals surface area contributed by atoms with Crippen LogP contribution in [0.25, 0.3) is 10.2 Å². The molecule has 1 saturated heterocycles. The van der Waals surface area contributed by atoms with E-state index in [-0.39, 0.29) is 0 Å². The molecule has 0 atom stereocenters. The maximum atomic E-state index is 5.55. The Morgan fingerprint density at radius 2 is 1.73 bits per heavy atom. The Balaban J connectivity index is 1.25. The number of hydrogen-bond acceptors (Lipinski definition) is 7. The molecule has 7 heteroatoms. The Morgan fingerprint density at radius 1 is 0.939 bits per heavy atom. The van der Waals surface area contributed by atoms with Crippen molar-refractivity contribution >= 4 is 39.0 Å². The molecule has 1 aromatic carbocycles. The number of morpholine rings is 1. The molecule has 0 amide bonds. The van der Waals surface area contributed by atoms with Crippen LogP contribution in [0.15, 0.2) is 30.3 Å². The van der Waals surface area contributed by atoms with Gasteiger partial charge in [0.05, 0.1) is 18.6 Å². The van der Waals surface area contributed by atoms with Crippen LogP contribution in [0.1, 0.15) is 49.0 Å². The van der Waals surface area contributed by atoms with Gasteiger partial charge in [0.15, 0.2) is 0 Å². The van der Waals surface area contributed by atoms with E-state index in [0.29, 0.717) is 18.0 Å². The first-order chi connectivity index (χ1) is 16.3. The van der Waals surface area contributed by atoms with Crippen molar-refractivity contribution in [2.24, 2.45) is 0 Å². The van der Waals surface area contributed by atoms with Gasteiger partial charge in [0.2, 0.25) is 5.95 Å². The lowest BCUT2D eigenvalue weighted by molar-refractivity contribution is 0.00791. The van der Waals surface area contributed by atoms with Crippen molar-refractivity contribution in [3.05, 3.63) is 40.8 Å². The lowest BCUT2D eigenvalue weighted by Crippen LogP contribution is -2.46. The van der Waals surface area contributed by atoms with Crippen molar-refractivity contribution in [1.82, 2.24) is 14.9 Å². The molecular weight excluding hydrogens is 430 g/mol. The number of hydrogen-bond donors (Lipinski definition) is 2. The van der Waals surface area contributed by atoms with E-state index in [4.69, 9.17) is 14.7 Å². The summed E-state index contributed by atoms with van der Waals surface area (Å²) < 4.78 is 5.55. The topological polar surface area (TPSA) is 62.3 Å². The number of nitrogens with zero attached hydrogens (tertiary/aromatic N) is 3. The van der Waals surface area contributed by atoms with Gasteiger partial charge < -0.3 is 15.4 Å². The molecule has 0 spiro atoms. The average Bonchev–Trinajstić information content (AvgIpc) is 3.24. The van der Waals surface area contributed by atoms with Crippen molar-refractivity contribution in [3.63, 3.8) is 0 Å².